The van der Waals surface area contributed by atoms with Crippen LogP contribution in [0.2, 0.25) is 0 Å². The van der Waals surface area contributed by atoms with Gasteiger partial charge in [0.05, 0.1) is 19.3 Å². The summed E-state index contributed by atoms with van der Waals surface area (Å²) in [6.45, 7) is -0.612. The summed E-state index contributed by atoms with van der Waals surface area (Å²) in [5.74, 6) is 0. The van der Waals surface area contributed by atoms with E-state index in [-0.39, 0.29) is 13.1 Å². The fourth-order valence-electron chi connectivity index (χ4n) is 1.21. The van der Waals surface area contributed by atoms with Gasteiger partial charge in [0.25, 0.3) is 10.1 Å². The van der Waals surface area contributed by atoms with Crippen molar-refractivity contribution in [1.29, 1.82) is 0 Å². The quantitative estimate of drug-likeness (QED) is 0.652. The summed E-state index contributed by atoms with van der Waals surface area (Å²) in [6.07, 6.45) is -3.31. The molecule has 14 heavy (non-hydrogen) atoms. The monoisotopic (exact) mass is 227 g/mol. The molecule has 1 aliphatic rings. The van der Waals surface area contributed by atoms with E-state index >= 15 is 0 Å². The molecule has 1 heterocycles. The van der Waals surface area contributed by atoms with Crippen molar-refractivity contribution in [3.8, 4) is 0 Å². The van der Waals surface area contributed by atoms with Gasteiger partial charge in [-0.1, -0.05) is 0 Å². The van der Waals surface area contributed by atoms with Crippen molar-refractivity contribution in [3.63, 3.8) is 0 Å². The molecule has 0 aromatic rings. The average molecular weight is 227 g/mol. The smallest absolute Gasteiger partial charge is 0.407 e. The molecule has 1 fully saturated rings. The number of halogens is 1. The molecule has 6 nitrogen and oxygen atoms in total. The molecule has 1 amide bonds. The highest BCUT2D eigenvalue weighted by Crippen LogP contribution is 2.18. The van der Waals surface area contributed by atoms with Crippen LogP contribution in [0, 0.1) is 0 Å². The van der Waals surface area contributed by atoms with Gasteiger partial charge in [-0.2, -0.15) is 8.42 Å². The van der Waals surface area contributed by atoms with E-state index in [1.807, 2.05) is 0 Å². The highest BCUT2D eigenvalue weighted by atomic mass is 32.2. The van der Waals surface area contributed by atoms with Gasteiger partial charge in [0.1, 0.15) is 12.3 Å². The summed E-state index contributed by atoms with van der Waals surface area (Å²) in [5.41, 5.74) is 0. The van der Waals surface area contributed by atoms with Crippen molar-refractivity contribution >= 4 is 16.2 Å². The topological polar surface area (TPSA) is 83.9 Å². The standard InChI is InChI=1S/C6H10FNO5S/c1-14(11,12)13-5-3-8(6(9)10)2-4(5)7/h4-5H,2-3H2,1H3,(H,9,10). The first kappa shape index (κ1) is 11.2. The van der Waals surface area contributed by atoms with E-state index in [4.69, 9.17) is 5.11 Å². The lowest BCUT2D eigenvalue weighted by molar-refractivity contribution is 0.140. The van der Waals surface area contributed by atoms with Gasteiger partial charge in [0.2, 0.25) is 0 Å². The second-order valence-electron chi connectivity index (χ2n) is 3.04. The van der Waals surface area contributed by atoms with Gasteiger partial charge in [0, 0.05) is 0 Å². The maximum absolute atomic E-state index is 13.0. The molecule has 0 aromatic carbocycles. The first-order valence-electron chi connectivity index (χ1n) is 3.80. The van der Waals surface area contributed by atoms with E-state index in [9.17, 15) is 17.6 Å². The number of alkyl halides is 1. The number of carbonyl (C=O) groups is 1. The fraction of sp³-hybridized carbons (Fsp3) is 0.833. The molecule has 1 saturated heterocycles. The third-order valence-corrected chi connectivity index (χ3v) is 2.36. The summed E-state index contributed by atoms with van der Waals surface area (Å²) in [7, 11) is -3.75. The average Bonchev–Trinajstić information content (AvgIpc) is 2.29. The third-order valence-electron chi connectivity index (χ3n) is 1.77. The molecule has 1 N–H and O–H groups in total. The van der Waals surface area contributed by atoms with Gasteiger partial charge in [-0.15, -0.1) is 0 Å². The number of amides is 1. The van der Waals surface area contributed by atoms with Crippen LogP contribution in [0.5, 0.6) is 0 Å². The summed E-state index contributed by atoms with van der Waals surface area (Å²) in [4.78, 5) is 11.2. The zero-order valence-corrected chi connectivity index (χ0v) is 8.20. The van der Waals surface area contributed by atoms with Gasteiger partial charge < -0.3 is 10.0 Å². The Labute approximate surface area is 80.4 Å². The molecular weight excluding hydrogens is 217 g/mol. The van der Waals surface area contributed by atoms with E-state index in [2.05, 4.69) is 4.18 Å². The minimum atomic E-state index is -3.75. The van der Waals surface area contributed by atoms with Gasteiger partial charge in [-0.3, -0.25) is 4.18 Å². The molecule has 0 radical (unpaired) electrons. The zero-order valence-electron chi connectivity index (χ0n) is 7.38. The van der Waals surface area contributed by atoms with Crippen molar-refractivity contribution in [1.82, 2.24) is 4.90 Å². The number of rotatable bonds is 2. The highest BCUT2D eigenvalue weighted by Gasteiger charge is 2.38. The molecule has 0 aromatic heterocycles. The molecule has 1 rings (SSSR count). The Balaban J connectivity index is 2.62. The summed E-state index contributed by atoms with van der Waals surface area (Å²) in [5, 5.41) is 8.50. The van der Waals surface area contributed by atoms with Gasteiger partial charge in [-0.05, 0) is 0 Å². The van der Waals surface area contributed by atoms with Crippen molar-refractivity contribution < 1.29 is 26.9 Å². The highest BCUT2D eigenvalue weighted by molar-refractivity contribution is 7.86. The van der Waals surface area contributed by atoms with E-state index in [1.54, 1.807) is 0 Å². The molecule has 0 bridgehead atoms. The van der Waals surface area contributed by atoms with E-state index < -0.39 is 28.5 Å². The maximum atomic E-state index is 13.0. The predicted molar refractivity (Wildman–Crippen MR) is 44.2 cm³/mol. The van der Waals surface area contributed by atoms with Crippen LogP contribution in [0.1, 0.15) is 0 Å². The third kappa shape index (κ3) is 2.81. The van der Waals surface area contributed by atoms with Crippen LogP contribution in [0.15, 0.2) is 0 Å². The van der Waals surface area contributed by atoms with Gasteiger partial charge in [0.15, 0.2) is 0 Å². The van der Waals surface area contributed by atoms with Crippen molar-refractivity contribution in [2.24, 2.45) is 0 Å². The summed E-state index contributed by atoms with van der Waals surface area (Å²) in [6, 6.07) is 0. The van der Waals surface area contributed by atoms with Crippen molar-refractivity contribution in [3.05, 3.63) is 0 Å². The van der Waals surface area contributed by atoms with Crippen molar-refractivity contribution in [2.45, 2.75) is 12.3 Å². The van der Waals surface area contributed by atoms with Crippen LogP contribution in [0.3, 0.4) is 0 Å². The number of carboxylic acid groups (broad SMARTS) is 1. The maximum Gasteiger partial charge on any atom is 0.407 e. The number of hydrogen-bond donors (Lipinski definition) is 1. The molecular formula is C6H10FNO5S. The minimum absolute atomic E-state index is 0.260. The molecule has 2 unspecified atom stereocenters. The van der Waals surface area contributed by atoms with Crippen LogP contribution >= 0.6 is 0 Å². The van der Waals surface area contributed by atoms with E-state index in [0.717, 1.165) is 11.2 Å². The number of hydrogen-bond acceptors (Lipinski definition) is 4. The van der Waals surface area contributed by atoms with Crippen molar-refractivity contribution in [2.75, 3.05) is 19.3 Å². The van der Waals surface area contributed by atoms with Crippen LogP contribution in [-0.2, 0) is 14.3 Å². The largest absolute Gasteiger partial charge is 0.465 e. The molecule has 2 atom stereocenters. The van der Waals surface area contributed by atoms with Crippen LogP contribution in [0.4, 0.5) is 9.18 Å². The summed E-state index contributed by atoms with van der Waals surface area (Å²) < 4.78 is 38.7. The first-order chi connectivity index (χ1) is 6.29. The molecule has 0 saturated carbocycles. The molecule has 0 spiro atoms. The SMILES string of the molecule is CS(=O)(=O)OC1CN(C(=O)O)CC1F. The predicted octanol–water partition coefficient (Wildman–Crippen LogP) is -0.337. The fourth-order valence-corrected chi connectivity index (χ4v) is 1.84. The molecule has 0 aliphatic carbocycles. The Kier molecular flexibility index (Phi) is 2.95. The number of likely N-dealkylation sites (tertiary alicyclic amines) is 1. The lowest BCUT2D eigenvalue weighted by Crippen LogP contribution is -2.29. The minimum Gasteiger partial charge on any atom is -0.465 e. The van der Waals surface area contributed by atoms with Crippen LogP contribution < -0.4 is 0 Å². The molecule has 82 valence electrons. The first-order valence-corrected chi connectivity index (χ1v) is 5.61. The second kappa shape index (κ2) is 3.70. The Morgan fingerprint density at radius 2 is 2.14 bits per heavy atom. The van der Waals surface area contributed by atoms with E-state index in [1.165, 1.54) is 0 Å². The lowest BCUT2D eigenvalue weighted by Gasteiger charge is -2.11. The molecule has 1 aliphatic heterocycles. The van der Waals surface area contributed by atoms with Gasteiger partial charge >= 0.3 is 6.09 Å². The Bertz CT molecular complexity index is 329. The summed E-state index contributed by atoms with van der Waals surface area (Å²) >= 11 is 0. The van der Waals surface area contributed by atoms with Crippen LogP contribution in [0.25, 0.3) is 0 Å². The zero-order chi connectivity index (χ0) is 10.9. The Morgan fingerprint density at radius 3 is 2.50 bits per heavy atom. The van der Waals surface area contributed by atoms with Gasteiger partial charge in [-0.25, -0.2) is 9.18 Å². The Hall–Kier alpha value is -0.890. The Morgan fingerprint density at radius 1 is 1.57 bits per heavy atom. The normalized spacial score (nSPS) is 28.0. The van der Waals surface area contributed by atoms with E-state index in [0.29, 0.717) is 0 Å². The lowest BCUT2D eigenvalue weighted by atomic mass is 10.3. The number of nitrogens with zero attached hydrogens (tertiary/aromatic N) is 1. The second-order valence-corrected chi connectivity index (χ2v) is 4.64. The molecule has 8 heteroatoms. The van der Waals surface area contributed by atoms with Crippen LogP contribution in [-0.4, -0.2) is 56.1 Å².